The van der Waals surface area contributed by atoms with Gasteiger partial charge in [0, 0.05) is 4.83 Å². The Labute approximate surface area is 85.3 Å². The molecule has 0 aromatic carbocycles. The quantitative estimate of drug-likeness (QED) is 0.640. The van der Waals surface area contributed by atoms with Crippen LogP contribution in [-0.2, 0) is 0 Å². The van der Waals surface area contributed by atoms with E-state index in [0.717, 1.165) is 22.6 Å². The van der Waals surface area contributed by atoms with E-state index < -0.39 is 0 Å². The second-order valence-corrected chi connectivity index (χ2v) is 5.64. The van der Waals surface area contributed by atoms with E-state index in [2.05, 4.69) is 36.7 Å². The lowest BCUT2D eigenvalue weighted by atomic mass is 9.87. The van der Waals surface area contributed by atoms with Gasteiger partial charge in [0.1, 0.15) is 0 Å². The zero-order chi connectivity index (χ0) is 9.14. The zero-order valence-electron chi connectivity index (χ0n) is 8.52. The molecule has 0 nitrogen and oxygen atoms in total. The summed E-state index contributed by atoms with van der Waals surface area (Å²) >= 11 is 3.76. The first-order chi connectivity index (χ1) is 5.65. The molecule has 0 heterocycles. The summed E-state index contributed by atoms with van der Waals surface area (Å²) in [5.41, 5.74) is 0. The summed E-state index contributed by atoms with van der Waals surface area (Å²) < 4.78 is 0. The van der Waals surface area contributed by atoms with Crippen molar-refractivity contribution in [3.8, 4) is 0 Å². The monoisotopic (exact) mass is 232 g/mol. The Morgan fingerprint density at radius 2 is 2.08 bits per heavy atom. The van der Waals surface area contributed by atoms with Crippen LogP contribution < -0.4 is 0 Å². The Hall–Kier alpha value is 0.480. The fraction of sp³-hybridized carbons (Fsp3) is 1.00. The summed E-state index contributed by atoms with van der Waals surface area (Å²) in [5.74, 6) is 2.82. The van der Waals surface area contributed by atoms with Crippen molar-refractivity contribution in [1.29, 1.82) is 0 Å². The predicted molar refractivity (Wildman–Crippen MR) is 58.7 cm³/mol. The Morgan fingerprint density at radius 1 is 1.42 bits per heavy atom. The fourth-order valence-electron chi connectivity index (χ4n) is 2.21. The van der Waals surface area contributed by atoms with Crippen molar-refractivity contribution in [2.24, 2.45) is 17.8 Å². The van der Waals surface area contributed by atoms with E-state index in [4.69, 9.17) is 0 Å². The highest BCUT2D eigenvalue weighted by atomic mass is 79.9. The summed E-state index contributed by atoms with van der Waals surface area (Å²) in [4.78, 5) is 0.798. The molecule has 4 atom stereocenters. The maximum absolute atomic E-state index is 3.76. The van der Waals surface area contributed by atoms with Crippen molar-refractivity contribution in [2.75, 3.05) is 0 Å². The summed E-state index contributed by atoms with van der Waals surface area (Å²) in [7, 11) is 0. The highest BCUT2D eigenvalue weighted by Crippen LogP contribution is 2.40. The van der Waals surface area contributed by atoms with Crippen molar-refractivity contribution < 1.29 is 0 Å². The molecule has 0 bridgehead atoms. The van der Waals surface area contributed by atoms with Gasteiger partial charge in [0.25, 0.3) is 0 Å². The van der Waals surface area contributed by atoms with Gasteiger partial charge in [0.15, 0.2) is 0 Å². The van der Waals surface area contributed by atoms with Crippen LogP contribution in [0.3, 0.4) is 0 Å². The molecule has 1 heteroatoms. The standard InChI is InChI=1S/C11H21Br/c1-4-8(2)7-10-5-6-11(12)9(10)3/h8-11H,4-7H2,1-3H3. The molecule has 72 valence electrons. The predicted octanol–water partition coefficient (Wildman–Crippen LogP) is 4.23. The van der Waals surface area contributed by atoms with Gasteiger partial charge in [-0.25, -0.2) is 0 Å². The Kier molecular flexibility index (Phi) is 4.09. The SMILES string of the molecule is CCC(C)CC1CCC(Br)C1C. The van der Waals surface area contributed by atoms with Crippen LogP contribution in [0.15, 0.2) is 0 Å². The van der Waals surface area contributed by atoms with E-state index in [1.807, 2.05) is 0 Å². The molecule has 1 aliphatic rings. The molecule has 0 spiro atoms. The summed E-state index contributed by atoms with van der Waals surface area (Å²) in [6, 6.07) is 0. The van der Waals surface area contributed by atoms with Gasteiger partial charge in [-0.2, -0.15) is 0 Å². The average molecular weight is 233 g/mol. The molecule has 12 heavy (non-hydrogen) atoms. The molecule has 0 aromatic rings. The van der Waals surface area contributed by atoms with Gasteiger partial charge in [-0.3, -0.25) is 0 Å². The topological polar surface area (TPSA) is 0 Å². The first kappa shape index (κ1) is 10.6. The lowest BCUT2D eigenvalue weighted by molar-refractivity contribution is 0.329. The molecular formula is C11H21Br. The van der Waals surface area contributed by atoms with Crippen LogP contribution in [0.4, 0.5) is 0 Å². The second-order valence-electron chi connectivity index (χ2n) is 4.46. The zero-order valence-corrected chi connectivity index (χ0v) is 10.1. The van der Waals surface area contributed by atoms with Gasteiger partial charge in [-0.05, 0) is 37.0 Å². The van der Waals surface area contributed by atoms with E-state index >= 15 is 0 Å². The van der Waals surface area contributed by atoms with Crippen molar-refractivity contribution in [1.82, 2.24) is 0 Å². The minimum absolute atomic E-state index is 0.798. The Bertz CT molecular complexity index is 133. The van der Waals surface area contributed by atoms with Gasteiger partial charge in [0.2, 0.25) is 0 Å². The normalized spacial score (nSPS) is 38.5. The van der Waals surface area contributed by atoms with Gasteiger partial charge in [-0.15, -0.1) is 0 Å². The number of rotatable bonds is 3. The average Bonchev–Trinajstić information content (AvgIpc) is 2.36. The molecule has 0 N–H and O–H groups in total. The van der Waals surface area contributed by atoms with E-state index in [-0.39, 0.29) is 0 Å². The minimum atomic E-state index is 0.798. The maximum Gasteiger partial charge on any atom is 0.0174 e. The summed E-state index contributed by atoms with van der Waals surface area (Å²) in [5, 5.41) is 0. The second kappa shape index (κ2) is 4.64. The maximum atomic E-state index is 3.76. The van der Waals surface area contributed by atoms with E-state index in [9.17, 15) is 0 Å². The summed E-state index contributed by atoms with van der Waals surface area (Å²) in [6.45, 7) is 7.09. The van der Waals surface area contributed by atoms with Crippen LogP contribution in [-0.4, -0.2) is 4.83 Å². The van der Waals surface area contributed by atoms with Crippen molar-refractivity contribution >= 4 is 15.9 Å². The molecule has 0 radical (unpaired) electrons. The lowest BCUT2D eigenvalue weighted by Gasteiger charge is -2.20. The van der Waals surface area contributed by atoms with Crippen LogP contribution in [0.25, 0.3) is 0 Å². The number of hydrogen-bond acceptors (Lipinski definition) is 0. The highest BCUT2D eigenvalue weighted by Gasteiger charge is 2.31. The van der Waals surface area contributed by atoms with Gasteiger partial charge in [-0.1, -0.05) is 43.1 Å². The fourth-order valence-corrected chi connectivity index (χ4v) is 2.91. The smallest absolute Gasteiger partial charge is 0.0174 e. The lowest BCUT2D eigenvalue weighted by Crippen LogP contribution is -2.13. The van der Waals surface area contributed by atoms with E-state index in [1.165, 1.54) is 25.7 Å². The molecule has 1 fully saturated rings. The number of alkyl halides is 1. The molecule has 4 unspecified atom stereocenters. The minimum Gasteiger partial charge on any atom is -0.0888 e. The molecule has 0 aromatic heterocycles. The highest BCUT2D eigenvalue weighted by molar-refractivity contribution is 9.09. The molecule has 0 saturated heterocycles. The third kappa shape index (κ3) is 2.48. The van der Waals surface area contributed by atoms with Crippen molar-refractivity contribution in [3.63, 3.8) is 0 Å². The van der Waals surface area contributed by atoms with E-state index in [1.54, 1.807) is 0 Å². The van der Waals surface area contributed by atoms with Gasteiger partial charge in [0.05, 0.1) is 0 Å². The van der Waals surface area contributed by atoms with E-state index in [0.29, 0.717) is 0 Å². The van der Waals surface area contributed by atoms with Gasteiger partial charge >= 0.3 is 0 Å². The first-order valence-electron chi connectivity index (χ1n) is 5.29. The first-order valence-corrected chi connectivity index (χ1v) is 6.20. The molecule has 1 aliphatic carbocycles. The van der Waals surface area contributed by atoms with Crippen LogP contribution in [0.2, 0.25) is 0 Å². The van der Waals surface area contributed by atoms with Crippen LogP contribution in [0.5, 0.6) is 0 Å². The molecule has 0 aliphatic heterocycles. The molecular weight excluding hydrogens is 212 g/mol. The number of halogens is 1. The number of hydrogen-bond donors (Lipinski definition) is 0. The third-order valence-corrected chi connectivity index (χ3v) is 4.82. The van der Waals surface area contributed by atoms with Crippen LogP contribution >= 0.6 is 15.9 Å². The Morgan fingerprint density at radius 3 is 2.50 bits per heavy atom. The largest absolute Gasteiger partial charge is 0.0888 e. The van der Waals surface area contributed by atoms with Gasteiger partial charge < -0.3 is 0 Å². The molecule has 0 amide bonds. The summed E-state index contributed by atoms with van der Waals surface area (Å²) in [6.07, 6.45) is 5.62. The third-order valence-electron chi connectivity index (χ3n) is 3.53. The van der Waals surface area contributed by atoms with Crippen molar-refractivity contribution in [3.05, 3.63) is 0 Å². The van der Waals surface area contributed by atoms with Crippen molar-refractivity contribution in [2.45, 2.75) is 51.3 Å². The molecule has 1 saturated carbocycles. The van der Waals surface area contributed by atoms with Crippen LogP contribution in [0, 0.1) is 17.8 Å². The Balaban J connectivity index is 2.33. The molecule has 1 rings (SSSR count). The van der Waals surface area contributed by atoms with Crippen LogP contribution in [0.1, 0.15) is 46.5 Å².